The van der Waals surface area contributed by atoms with Gasteiger partial charge < -0.3 is 58.3 Å². The largest absolute Gasteiger partial charge is 0.455 e. The molecule has 9 atom stereocenters. The second-order valence-electron chi connectivity index (χ2n) is 20.4. The van der Waals surface area contributed by atoms with Crippen LogP contribution in [0.5, 0.6) is 0 Å². The molecule has 0 saturated carbocycles. The monoisotopic (exact) mass is 1060 g/mol. The van der Waals surface area contributed by atoms with Crippen LogP contribution in [-0.4, -0.2) is 141 Å². The first-order valence-corrected chi connectivity index (χ1v) is 25.6. The molecular formula is C59H94O16. The van der Waals surface area contributed by atoms with Gasteiger partial charge in [-0.2, -0.15) is 0 Å². The third-order valence-electron chi connectivity index (χ3n) is 14.2. The van der Waals surface area contributed by atoms with Crippen molar-refractivity contribution in [2.45, 2.75) is 195 Å². The Morgan fingerprint density at radius 3 is 1.43 bits per heavy atom. The summed E-state index contributed by atoms with van der Waals surface area (Å²) in [5.74, 6) is -1.77. The van der Waals surface area contributed by atoms with Crippen LogP contribution in [0, 0.1) is 11.8 Å². The Hall–Kier alpha value is -4.20. The summed E-state index contributed by atoms with van der Waals surface area (Å²) >= 11 is 0. The van der Waals surface area contributed by atoms with E-state index in [2.05, 4.69) is 19.9 Å². The molecule has 16 heteroatoms. The molecule has 4 rings (SSSR count). The number of esters is 2. The van der Waals surface area contributed by atoms with E-state index < -0.39 is 71.6 Å². The molecule has 0 amide bonds. The van der Waals surface area contributed by atoms with Crippen LogP contribution in [-0.2, 0) is 80.7 Å². The summed E-state index contributed by atoms with van der Waals surface area (Å²) in [6.07, 6.45) is -1.50. The van der Waals surface area contributed by atoms with E-state index in [4.69, 9.17) is 37.9 Å². The van der Waals surface area contributed by atoms with Crippen molar-refractivity contribution < 1.29 is 77.5 Å². The quantitative estimate of drug-likeness (QED) is 0.0665. The summed E-state index contributed by atoms with van der Waals surface area (Å²) in [7, 11) is 4.39. The zero-order valence-electron chi connectivity index (χ0n) is 45.4. The molecule has 426 valence electrons. The number of ketones is 2. The van der Waals surface area contributed by atoms with Crippen molar-refractivity contribution >= 4 is 23.5 Å². The van der Waals surface area contributed by atoms with Gasteiger partial charge in [-0.05, 0) is 72.4 Å². The molecule has 2 heterocycles. The van der Waals surface area contributed by atoms with Crippen molar-refractivity contribution in [1.82, 2.24) is 0 Å². The van der Waals surface area contributed by atoms with E-state index in [1.54, 1.807) is 13.0 Å². The molecule has 0 fully saturated rings. The van der Waals surface area contributed by atoms with Crippen molar-refractivity contribution in [3.63, 3.8) is 0 Å². The van der Waals surface area contributed by atoms with Gasteiger partial charge in [0.15, 0.2) is 12.2 Å². The van der Waals surface area contributed by atoms with Crippen LogP contribution in [0.25, 0.3) is 0 Å². The highest BCUT2D eigenvalue weighted by atomic mass is 16.7. The summed E-state index contributed by atoms with van der Waals surface area (Å²) in [5.41, 5.74) is 3.33. The lowest BCUT2D eigenvalue weighted by Crippen LogP contribution is -2.44. The van der Waals surface area contributed by atoms with Crippen LogP contribution >= 0.6 is 0 Å². The molecular weight excluding hydrogens is 965 g/mol. The van der Waals surface area contributed by atoms with Crippen LogP contribution in [0.2, 0.25) is 0 Å². The van der Waals surface area contributed by atoms with E-state index in [-0.39, 0.29) is 91.4 Å². The van der Waals surface area contributed by atoms with Gasteiger partial charge in [0.25, 0.3) is 0 Å². The lowest BCUT2D eigenvalue weighted by Gasteiger charge is -2.33. The van der Waals surface area contributed by atoms with Crippen molar-refractivity contribution in [2.75, 3.05) is 48.3 Å². The maximum absolute atomic E-state index is 13.6. The van der Waals surface area contributed by atoms with E-state index in [0.717, 1.165) is 40.7 Å². The Kier molecular flexibility index (Phi) is 31.1. The second kappa shape index (κ2) is 33.8. The van der Waals surface area contributed by atoms with Gasteiger partial charge >= 0.3 is 11.9 Å². The number of fused-ring (bicyclic) bond motifs is 4. The van der Waals surface area contributed by atoms with Crippen LogP contribution in [0.15, 0.2) is 71.8 Å². The first-order valence-electron chi connectivity index (χ1n) is 25.6. The number of carbonyl (C=O) groups is 4. The average molecular weight is 1060 g/mol. The Morgan fingerprint density at radius 1 is 0.600 bits per heavy atom. The number of Topliss-reactive ketones (excluding diaryl/α,β-unsaturated/α-hetero) is 2. The Labute approximate surface area is 448 Å². The molecule has 2 aromatic carbocycles. The number of rotatable bonds is 17. The molecule has 0 aromatic heterocycles. The molecule has 16 nitrogen and oxygen atoms in total. The van der Waals surface area contributed by atoms with Gasteiger partial charge in [0.05, 0.1) is 18.3 Å². The number of methoxy groups -OCH3 is 3. The average Bonchev–Trinajstić information content (AvgIpc) is 3.35. The topological polar surface area (TPSA) is 223 Å². The number of carbonyl (C=O) groups excluding carboxylic acids is 4. The third-order valence-corrected chi connectivity index (χ3v) is 14.2. The van der Waals surface area contributed by atoms with Crippen molar-refractivity contribution in [3.8, 4) is 0 Å². The molecule has 4 bridgehead atoms. The molecule has 0 aliphatic carbocycles. The van der Waals surface area contributed by atoms with Gasteiger partial charge in [0.2, 0.25) is 0 Å². The van der Waals surface area contributed by atoms with Gasteiger partial charge in [0, 0.05) is 83.2 Å². The zero-order chi connectivity index (χ0) is 54.5. The number of ether oxygens (including phenoxy) is 8. The minimum Gasteiger partial charge on any atom is -0.455 e. The summed E-state index contributed by atoms with van der Waals surface area (Å²) in [5, 5.41) is 42.6. The number of aliphatic hydroxyl groups excluding tert-OH is 4. The molecule has 2 aliphatic heterocycles. The molecule has 4 N–H and O–H groups in total. The first-order chi connectivity index (χ1) is 34.6. The van der Waals surface area contributed by atoms with Gasteiger partial charge in [-0.1, -0.05) is 124 Å². The lowest BCUT2D eigenvalue weighted by atomic mass is 9.76. The van der Waals surface area contributed by atoms with E-state index in [9.17, 15) is 39.6 Å². The summed E-state index contributed by atoms with van der Waals surface area (Å²) < 4.78 is 44.1. The zero-order valence-corrected chi connectivity index (χ0v) is 45.4. The first kappa shape index (κ1) is 68.8. The predicted octanol–water partition coefficient (Wildman–Crippen LogP) is 8.23. The van der Waals surface area contributed by atoms with E-state index >= 15 is 0 Å². The fraction of sp³-hybridized carbons (Fsp3) is 0.661. The SMILES string of the molecule is C.C.CCC(/C=C(/C)[C@@H]1CC(=O)C[C@H](O)C(C)(C)c2cccc(c2)C[C@@H](OCOC)[C@H](OCOC)C(=O)O1)CC.CC[C@H](/C=C(/C)[C@@H]1CC(=O)C[C@H](O)C(C)(C)c2cccc(c2)C[C@@H](O)[C@H](OCOC)C(=O)O1)CO. The van der Waals surface area contributed by atoms with Gasteiger partial charge in [0.1, 0.15) is 50.3 Å². The van der Waals surface area contributed by atoms with Crippen LogP contribution < -0.4 is 0 Å². The smallest absolute Gasteiger partial charge is 0.338 e. The molecule has 2 aromatic rings. The maximum Gasteiger partial charge on any atom is 0.338 e. The number of aliphatic hydroxyl groups is 4. The Morgan fingerprint density at radius 2 is 1.00 bits per heavy atom. The predicted molar refractivity (Wildman–Crippen MR) is 289 cm³/mol. The summed E-state index contributed by atoms with van der Waals surface area (Å²) in [6.45, 7) is 16.8. The van der Waals surface area contributed by atoms with Crippen molar-refractivity contribution in [2.24, 2.45) is 11.8 Å². The summed E-state index contributed by atoms with van der Waals surface area (Å²) in [6, 6.07) is 15.1. The number of allylic oxidation sites excluding steroid dienone is 1. The minimum absolute atomic E-state index is 0. The van der Waals surface area contributed by atoms with Gasteiger partial charge in [-0.25, -0.2) is 9.59 Å². The Bertz CT molecular complexity index is 2090. The number of hydrogen-bond acceptors (Lipinski definition) is 16. The molecule has 75 heavy (non-hydrogen) atoms. The number of benzene rings is 2. The van der Waals surface area contributed by atoms with Gasteiger partial charge in [-0.3, -0.25) is 9.59 Å². The van der Waals surface area contributed by atoms with Crippen LogP contribution in [0.3, 0.4) is 0 Å². The number of cyclic esters (lactones) is 2. The van der Waals surface area contributed by atoms with Gasteiger partial charge in [-0.15, -0.1) is 0 Å². The van der Waals surface area contributed by atoms with Crippen LogP contribution in [0.4, 0.5) is 0 Å². The van der Waals surface area contributed by atoms with E-state index in [1.807, 2.05) is 90.1 Å². The fourth-order valence-electron chi connectivity index (χ4n) is 8.83. The van der Waals surface area contributed by atoms with Crippen molar-refractivity contribution in [1.29, 1.82) is 0 Å². The van der Waals surface area contributed by atoms with E-state index in [1.165, 1.54) is 21.3 Å². The third kappa shape index (κ3) is 20.9. The highest BCUT2D eigenvalue weighted by Gasteiger charge is 2.39. The summed E-state index contributed by atoms with van der Waals surface area (Å²) in [4.78, 5) is 53.0. The van der Waals surface area contributed by atoms with Crippen LogP contribution in [0.1, 0.15) is 144 Å². The maximum atomic E-state index is 13.6. The molecule has 0 saturated heterocycles. The second-order valence-corrected chi connectivity index (χ2v) is 20.4. The Balaban J connectivity index is 0.000000733. The standard InChI is InChI=1S/C30H46O8.C27H40O8.2CH4/c1-8-21(9-2)13-20(3)25-16-24(31)17-27(32)30(4,5)23-12-10-11-22(14-23)15-26(36-18-34-6)28(29(33)38-25)37-19-35-7;1-6-18(15-28)10-17(2)23-13-21(29)14-24(31)27(3,4)20-9-7-8-19(11-20)12-22(30)25(26(32)35-23)34-16-33-5;;/h10-14,21,25-28,32H,8-9,15-19H2,1-7H3;7-11,18,22-25,28,30-31H,6,12-16H2,1-5H3;2*1H4/b20-13-;17-10-;;/t25-,26+,27-,28-;18-,22-,23+,24+,25+;;/m01../s1. The normalized spacial score (nSPS) is 25.5. The highest BCUT2D eigenvalue weighted by molar-refractivity contribution is 5.82. The van der Waals surface area contributed by atoms with E-state index in [0.29, 0.717) is 24.3 Å². The molecule has 2 aliphatic rings. The molecule has 0 radical (unpaired) electrons. The fourth-order valence-corrected chi connectivity index (χ4v) is 8.83. The lowest BCUT2D eigenvalue weighted by molar-refractivity contribution is -0.192. The molecule has 0 spiro atoms. The highest BCUT2D eigenvalue weighted by Crippen LogP contribution is 2.34. The molecule has 0 unspecified atom stereocenters. The minimum atomic E-state index is -1.33. The number of hydrogen-bond donors (Lipinski definition) is 4. The van der Waals surface area contributed by atoms with Crippen molar-refractivity contribution in [3.05, 3.63) is 94.1 Å².